The van der Waals surface area contributed by atoms with Crippen molar-refractivity contribution in [2.24, 2.45) is 20.5 Å². The van der Waals surface area contributed by atoms with E-state index in [9.17, 15) is 35.5 Å². The smallest absolute Gasteiger partial charge is 0.494 e. The largest absolute Gasteiger partial charge is 1.00 e. The van der Waals surface area contributed by atoms with Gasteiger partial charge in [0.2, 0.25) is 0 Å². The van der Waals surface area contributed by atoms with E-state index >= 15 is 0 Å². The van der Waals surface area contributed by atoms with Gasteiger partial charge in [0.15, 0.2) is 0 Å². The number of amides is 2. The molecule has 0 aliphatic heterocycles. The zero-order chi connectivity index (χ0) is 37.5. The molecule has 0 aliphatic rings. The quantitative estimate of drug-likeness (QED) is 0.0786. The number of rotatable bonds is 12. The van der Waals surface area contributed by atoms with Crippen LogP contribution in [0.3, 0.4) is 0 Å². The number of azo groups is 2. The molecule has 0 heterocycles. The predicted molar refractivity (Wildman–Crippen MR) is 189 cm³/mol. The van der Waals surface area contributed by atoms with E-state index in [1.54, 1.807) is 24.3 Å². The van der Waals surface area contributed by atoms with E-state index < -0.39 is 32.1 Å². The zero-order valence-electron chi connectivity index (χ0n) is 28.2. The Balaban J connectivity index is 0.00000627. The number of carbonyl (C=O) groups is 2. The number of carbonyl (C=O) groups excluding carboxylic acids is 2. The number of hydrogen-bond acceptors (Lipinski definition) is 12. The number of hydrogen-bond donors (Lipinski definition) is 4. The van der Waals surface area contributed by atoms with Gasteiger partial charge in [-0.3, -0.25) is 18.7 Å². The van der Waals surface area contributed by atoms with Gasteiger partial charge in [0.1, 0.15) is 11.5 Å². The van der Waals surface area contributed by atoms with Crippen LogP contribution in [0, 0.1) is 0 Å². The molecule has 19 heteroatoms. The number of anilines is 2. The number of nitrogens with one attached hydrogen (secondary N) is 2. The number of methoxy groups -OCH3 is 2. The van der Waals surface area contributed by atoms with Crippen molar-refractivity contribution in [1.29, 1.82) is 0 Å². The molecule has 0 aromatic heterocycles. The summed E-state index contributed by atoms with van der Waals surface area (Å²) in [4.78, 5) is 25.4. The maximum atomic E-state index is 13.0. The van der Waals surface area contributed by atoms with Crippen LogP contribution in [-0.2, 0) is 20.2 Å². The molecular formula is C34H28N6NaO10S2+. The summed E-state index contributed by atoms with van der Waals surface area (Å²) in [6.07, 6.45) is 0. The predicted octanol–water partition coefficient (Wildman–Crippen LogP) is 4.54. The van der Waals surface area contributed by atoms with Crippen molar-refractivity contribution in [3.63, 3.8) is 0 Å². The van der Waals surface area contributed by atoms with Crippen LogP contribution in [0.25, 0.3) is 0 Å². The van der Waals surface area contributed by atoms with Crippen LogP contribution in [-0.4, -0.2) is 52.0 Å². The van der Waals surface area contributed by atoms with Crippen molar-refractivity contribution < 1.29 is 74.6 Å². The Morgan fingerprint density at radius 3 is 1.19 bits per heavy atom. The topological polar surface area (TPSA) is 235 Å². The molecule has 0 radical (unpaired) electrons. The summed E-state index contributed by atoms with van der Waals surface area (Å²) in [7, 11) is -6.01. The van der Waals surface area contributed by atoms with Gasteiger partial charge < -0.3 is 20.1 Å². The van der Waals surface area contributed by atoms with Crippen LogP contribution in [0.15, 0.2) is 139 Å². The van der Waals surface area contributed by atoms with Gasteiger partial charge >= 0.3 is 29.6 Å². The first-order chi connectivity index (χ1) is 24.7. The summed E-state index contributed by atoms with van der Waals surface area (Å²) < 4.78 is 74.8. The Labute approximate surface area is 325 Å². The van der Waals surface area contributed by atoms with Crippen LogP contribution in [0.4, 0.5) is 34.1 Å². The molecule has 53 heavy (non-hydrogen) atoms. The fourth-order valence-electron chi connectivity index (χ4n) is 4.50. The first-order valence-electron chi connectivity index (χ1n) is 14.8. The van der Waals surface area contributed by atoms with E-state index in [0.29, 0.717) is 22.7 Å². The van der Waals surface area contributed by atoms with Gasteiger partial charge in [0, 0.05) is 23.3 Å². The molecule has 2 amide bonds. The molecule has 5 aromatic rings. The molecule has 16 nitrogen and oxygen atoms in total. The summed E-state index contributed by atoms with van der Waals surface area (Å²) >= 11 is 0. The molecule has 5 aromatic carbocycles. The standard InChI is InChI=1S/C34H28N6O10S2.Na/c1-49-31-19-25(39-37-23-5-3-7-27(17-23)51(43,44)45)13-15-29(31)35-33(41)21-9-11-22(12-10-21)34(42)36-30-16-14-26(20-32(30)50-2)40-38-24-6-4-8-28(18-24)52(46,47)48;/h3-20H,1-2H3,(H,35,41)(H,36,42)(H,43,44,45)(H,46,47,48);/q;+1. The van der Waals surface area contributed by atoms with Crippen LogP contribution in [0.1, 0.15) is 20.7 Å². The van der Waals surface area contributed by atoms with Crippen LogP contribution in [0.2, 0.25) is 0 Å². The molecule has 0 unspecified atom stereocenters. The monoisotopic (exact) mass is 767 g/mol. The first-order valence-corrected chi connectivity index (χ1v) is 17.7. The normalized spacial score (nSPS) is 11.5. The molecular weight excluding hydrogens is 740 g/mol. The number of ether oxygens (including phenoxy) is 2. The maximum Gasteiger partial charge on any atom is 1.00 e. The molecule has 266 valence electrons. The average molecular weight is 768 g/mol. The third kappa shape index (κ3) is 10.8. The molecule has 0 saturated heterocycles. The van der Waals surface area contributed by atoms with Gasteiger partial charge in [0.25, 0.3) is 32.1 Å². The molecule has 0 bridgehead atoms. The Morgan fingerprint density at radius 2 is 0.868 bits per heavy atom. The van der Waals surface area contributed by atoms with Crippen LogP contribution >= 0.6 is 0 Å². The van der Waals surface area contributed by atoms with Gasteiger partial charge in [0.05, 0.1) is 58.1 Å². The van der Waals surface area contributed by atoms with Crippen molar-refractivity contribution in [3.05, 3.63) is 120 Å². The maximum absolute atomic E-state index is 13.0. The fraction of sp³-hybridized carbons (Fsp3) is 0.0588. The molecule has 0 fully saturated rings. The van der Waals surface area contributed by atoms with Gasteiger partial charge in [-0.2, -0.15) is 37.3 Å². The van der Waals surface area contributed by atoms with Gasteiger partial charge in [-0.15, -0.1) is 0 Å². The summed E-state index contributed by atoms with van der Waals surface area (Å²) in [5, 5.41) is 21.6. The third-order valence-corrected chi connectivity index (χ3v) is 8.77. The number of benzene rings is 5. The van der Waals surface area contributed by atoms with E-state index in [0.717, 1.165) is 12.1 Å². The van der Waals surface area contributed by atoms with Crippen molar-refractivity contribution >= 4 is 66.2 Å². The summed E-state index contributed by atoms with van der Waals surface area (Å²) in [5.74, 6) is -0.448. The Kier molecular flexibility index (Phi) is 13.3. The SMILES string of the molecule is COc1cc(N=Nc2cccc(S(=O)(=O)O)c2)ccc1NC(=O)c1ccc(C(=O)Nc2ccc(N=Nc3cccc(S(=O)(=O)O)c3)cc2OC)cc1.[Na+]. The minimum atomic E-state index is -4.40. The number of nitrogens with zero attached hydrogens (tertiary/aromatic N) is 4. The van der Waals surface area contributed by atoms with Crippen molar-refractivity contribution in [2.45, 2.75) is 9.79 Å². The first kappa shape index (κ1) is 40.4. The van der Waals surface area contributed by atoms with Gasteiger partial charge in [-0.05, 0) is 84.9 Å². The van der Waals surface area contributed by atoms with E-state index in [1.807, 2.05) is 0 Å². The molecule has 5 rings (SSSR count). The van der Waals surface area contributed by atoms with Crippen LogP contribution in [0.5, 0.6) is 11.5 Å². The zero-order valence-corrected chi connectivity index (χ0v) is 31.8. The van der Waals surface area contributed by atoms with Crippen molar-refractivity contribution in [2.75, 3.05) is 24.9 Å². The molecule has 4 N–H and O–H groups in total. The van der Waals surface area contributed by atoms with Crippen LogP contribution < -0.4 is 49.7 Å². The Hall–Kier alpha value is -5.34. The van der Waals surface area contributed by atoms with Crippen molar-refractivity contribution in [1.82, 2.24) is 0 Å². The summed E-state index contributed by atoms with van der Waals surface area (Å²) in [6.45, 7) is 0. The second-order valence-electron chi connectivity index (χ2n) is 10.6. The molecule has 0 atom stereocenters. The summed E-state index contributed by atoms with van der Waals surface area (Å²) in [6, 6.07) is 25.7. The molecule has 0 saturated carbocycles. The van der Waals surface area contributed by atoms with E-state index in [2.05, 4.69) is 31.1 Å². The second kappa shape index (κ2) is 17.5. The Bertz CT molecular complexity index is 2270. The molecule has 0 spiro atoms. The fourth-order valence-corrected chi connectivity index (χ4v) is 5.54. The Morgan fingerprint density at radius 1 is 0.528 bits per heavy atom. The van der Waals surface area contributed by atoms with Gasteiger partial charge in [-0.25, -0.2) is 0 Å². The van der Waals surface area contributed by atoms with E-state index in [4.69, 9.17) is 9.47 Å². The minimum absolute atomic E-state index is 0. The molecule has 0 aliphatic carbocycles. The second-order valence-corrected chi connectivity index (χ2v) is 13.4. The average Bonchev–Trinajstić information content (AvgIpc) is 3.13. The van der Waals surface area contributed by atoms with Gasteiger partial charge in [-0.1, -0.05) is 12.1 Å². The third-order valence-electron chi connectivity index (χ3n) is 7.07. The van der Waals surface area contributed by atoms with E-state index in [-0.39, 0.29) is 73.3 Å². The summed E-state index contributed by atoms with van der Waals surface area (Å²) in [5.41, 5.74) is 2.18. The minimum Gasteiger partial charge on any atom is -0.494 e. The van der Waals surface area contributed by atoms with Crippen molar-refractivity contribution in [3.8, 4) is 11.5 Å². The van der Waals surface area contributed by atoms with E-state index in [1.165, 1.54) is 87.0 Å².